The van der Waals surface area contributed by atoms with Gasteiger partial charge in [-0.1, -0.05) is 35.1 Å². The predicted molar refractivity (Wildman–Crippen MR) is 66.0 cm³/mol. The standard InChI is InChI=1S/C4H10O2S.C4H10OS.CH4/c1-3-7(5,6)4-2;1-3-6(5)4-2;/h3-4H2,1-2H3;3-4H2,1-2H3;1H4. The summed E-state index contributed by atoms with van der Waals surface area (Å²) in [7, 11) is -3.19. The SMILES string of the molecule is C.CCS(=O)(=O)CC.CCS(=O)CC. The number of hydrogen-bond donors (Lipinski definition) is 0. The van der Waals surface area contributed by atoms with Gasteiger partial charge in [0.05, 0.1) is 0 Å². The van der Waals surface area contributed by atoms with Gasteiger partial charge >= 0.3 is 0 Å². The van der Waals surface area contributed by atoms with Crippen molar-refractivity contribution in [1.82, 2.24) is 0 Å². The smallest absolute Gasteiger partial charge is 0.149 e. The molecule has 0 bridgehead atoms. The summed E-state index contributed by atoms with van der Waals surface area (Å²) in [5, 5.41) is 0. The lowest BCUT2D eigenvalue weighted by molar-refractivity contribution is 0.598. The van der Waals surface area contributed by atoms with E-state index in [1.54, 1.807) is 13.8 Å². The molecule has 14 heavy (non-hydrogen) atoms. The van der Waals surface area contributed by atoms with Gasteiger partial charge in [0, 0.05) is 33.8 Å². The molecule has 0 aromatic rings. The first-order chi connectivity index (χ1) is 5.93. The zero-order valence-corrected chi connectivity index (χ0v) is 10.5. The molecule has 0 aliphatic rings. The van der Waals surface area contributed by atoms with Gasteiger partial charge in [-0.25, -0.2) is 8.42 Å². The van der Waals surface area contributed by atoms with Crippen molar-refractivity contribution < 1.29 is 12.6 Å². The van der Waals surface area contributed by atoms with E-state index in [0.29, 0.717) is 0 Å². The van der Waals surface area contributed by atoms with Crippen molar-refractivity contribution in [3.8, 4) is 0 Å². The molecule has 0 heterocycles. The van der Waals surface area contributed by atoms with Crippen molar-refractivity contribution in [2.45, 2.75) is 35.1 Å². The lowest BCUT2D eigenvalue weighted by atomic mass is 11.0. The van der Waals surface area contributed by atoms with Gasteiger partial charge in [0.15, 0.2) is 0 Å². The van der Waals surface area contributed by atoms with Crippen LogP contribution in [0.4, 0.5) is 0 Å². The van der Waals surface area contributed by atoms with E-state index in [0.717, 1.165) is 11.5 Å². The van der Waals surface area contributed by atoms with E-state index < -0.39 is 20.6 Å². The van der Waals surface area contributed by atoms with Gasteiger partial charge in [0.2, 0.25) is 0 Å². The Hall–Kier alpha value is 0.1000. The zero-order valence-electron chi connectivity index (χ0n) is 8.87. The minimum atomic E-state index is -2.66. The molecular formula is C9H24O3S2. The second-order valence-corrected chi connectivity index (χ2v) is 7.01. The van der Waals surface area contributed by atoms with Crippen LogP contribution in [0, 0.1) is 0 Å². The zero-order chi connectivity index (χ0) is 10.9. The highest BCUT2D eigenvalue weighted by Gasteiger charge is 1.99. The third-order valence-corrected chi connectivity index (χ3v) is 4.57. The van der Waals surface area contributed by atoms with Crippen LogP contribution in [-0.4, -0.2) is 35.6 Å². The first-order valence-electron chi connectivity index (χ1n) is 4.48. The van der Waals surface area contributed by atoms with Crippen molar-refractivity contribution in [2.75, 3.05) is 23.0 Å². The highest BCUT2D eigenvalue weighted by Crippen LogP contribution is 1.84. The Kier molecular flexibility index (Phi) is 15.7. The van der Waals surface area contributed by atoms with Gasteiger partial charge < -0.3 is 0 Å². The second-order valence-electron chi connectivity index (χ2n) is 2.34. The Morgan fingerprint density at radius 2 is 1.21 bits per heavy atom. The number of hydrogen-bond acceptors (Lipinski definition) is 3. The predicted octanol–water partition coefficient (Wildman–Crippen LogP) is 1.85. The van der Waals surface area contributed by atoms with Crippen molar-refractivity contribution in [1.29, 1.82) is 0 Å². The minimum Gasteiger partial charge on any atom is -0.260 e. The Morgan fingerprint density at radius 3 is 1.21 bits per heavy atom. The van der Waals surface area contributed by atoms with Crippen LogP contribution in [0.3, 0.4) is 0 Å². The quantitative estimate of drug-likeness (QED) is 0.758. The molecule has 0 spiro atoms. The average molecular weight is 244 g/mol. The molecule has 0 saturated carbocycles. The largest absolute Gasteiger partial charge is 0.260 e. The summed E-state index contributed by atoms with van der Waals surface area (Å²) >= 11 is 0. The molecule has 3 nitrogen and oxygen atoms in total. The molecule has 0 atom stereocenters. The number of rotatable bonds is 4. The van der Waals surface area contributed by atoms with Gasteiger partial charge in [-0.15, -0.1) is 0 Å². The van der Waals surface area contributed by atoms with Gasteiger partial charge in [-0.2, -0.15) is 0 Å². The highest BCUT2D eigenvalue weighted by molar-refractivity contribution is 7.91. The Bertz CT molecular complexity index is 204. The fourth-order valence-electron chi connectivity index (χ4n) is 0.408. The molecular weight excluding hydrogens is 220 g/mol. The van der Waals surface area contributed by atoms with Crippen LogP contribution >= 0.6 is 0 Å². The summed E-state index contributed by atoms with van der Waals surface area (Å²) in [6.45, 7) is 7.16. The maximum atomic E-state index is 10.4. The summed E-state index contributed by atoms with van der Waals surface area (Å²) in [6.07, 6.45) is 0. The Labute approximate surface area is 91.7 Å². The molecule has 0 aliphatic heterocycles. The first-order valence-corrected chi connectivity index (χ1v) is 7.79. The molecule has 0 N–H and O–H groups in total. The van der Waals surface area contributed by atoms with Crippen molar-refractivity contribution >= 4 is 20.6 Å². The van der Waals surface area contributed by atoms with Crippen molar-refractivity contribution in [2.24, 2.45) is 0 Å². The van der Waals surface area contributed by atoms with Crippen LogP contribution in [-0.2, 0) is 20.6 Å². The summed E-state index contributed by atoms with van der Waals surface area (Å²) in [6, 6.07) is 0. The van der Waals surface area contributed by atoms with E-state index in [2.05, 4.69) is 0 Å². The molecule has 0 radical (unpaired) electrons. The van der Waals surface area contributed by atoms with Gasteiger partial charge in [-0.05, 0) is 0 Å². The molecule has 0 aromatic carbocycles. The summed E-state index contributed by atoms with van der Waals surface area (Å²) < 4.78 is 31.0. The van der Waals surface area contributed by atoms with Crippen LogP contribution in [0.15, 0.2) is 0 Å². The Morgan fingerprint density at radius 1 is 0.929 bits per heavy atom. The van der Waals surface area contributed by atoms with Crippen LogP contribution < -0.4 is 0 Å². The third-order valence-electron chi connectivity index (χ3n) is 1.52. The molecule has 0 aliphatic carbocycles. The molecule has 90 valence electrons. The van der Waals surface area contributed by atoms with Crippen LogP contribution in [0.2, 0.25) is 0 Å². The molecule has 0 amide bonds. The third kappa shape index (κ3) is 14.6. The lowest BCUT2D eigenvalue weighted by Crippen LogP contribution is -2.04. The topological polar surface area (TPSA) is 51.2 Å². The maximum Gasteiger partial charge on any atom is 0.149 e. The van der Waals surface area contributed by atoms with E-state index in [-0.39, 0.29) is 18.9 Å². The summed E-state index contributed by atoms with van der Waals surface area (Å²) in [5.41, 5.74) is 0. The molecule has 0 fully saturated rings. The number of sulfone groups is 1. The summed E-state index contributed by atoms with van der Waals surface area (Å²) in [5.74, 6) is 2.14. The minimum absolute atomic E-state index is 0. The Balaban J connectivity index is -0.000000163. The van der Waals surface area contributed by atoms with Crippen molar-refractivity contribution in [3.63, 3.8) is 0 Å². The maximum absolute atomic E-state index is 10.4. The lowest BCUT2D eigenvalue weighted by Gasteiger charge is -1.89. The van der Waals surface area contributed by atoms with E-state index >= 15 is 0 Å². The fraction of sp³-hybridized carbons (Fsp3) is 1.00. The molecule has 0 saturated heterocycles. The van der Waals surface area contributed by atoms with E-state index in [9.17, 15) is 12.6 Å². The van der Waals surface area contributed by atoms with E-state index in [1.165, 1.54) is 0 Å². The fourth-order valence-corrected chi connectivity index (χ4v) is 1.22. The van der Waals surface area contributed by atoms with Gasteiger partial charge in [0.25, 0.3) is 0 Å². The average Bonchev–Trinajstić information content (AvgIpc) is 2.17. The van der Waals surface area contributed by atoms with Crippen LogP contribution in [0.25, 0.3) is 0 Å². The molecule has 5 heteroatoms. The second kappa shape index (κ2) is 11.2. The summed E-state index contributed by atoms with van der Waals surface area (Å²) in [4.78, 5) is 0. The van der Waals surface area contributed by atoms with Crippen LogP contribution in [0.1, 0.15) is 35.1 Å². The molecule has 0 aromatic heterocycles. The normalized spacial score (nSPS) is 10.1. The highest BCUT2D eigenvalue weighted by atomic mass is 32.2. The molecule has 0 unspecified atom stereocenters. The van der Waals surface area contributed by atoms with E-state index in [4.69, 9.17) is 0 Å². The van der Waals surface area contributed by atoms with Gasteiger partial charge in [-0.3, -0.25) is 4.21 Å². The van der Waals surface area contributed by atoms with Crippen LogP contribution in [0.5, 0.6) is 0 Å². The van der Waals surface area contributed by atoms with E-state index in [1.807, 2.05) is 13.8 Å². The van der Waals surface area contributed by atoms with Gasteiger partial charge in [0.1, 0.15) is 9.84 Å². The monoisotopic (exact) mass is 244 g/mol. The molecule has 0 rings (SSSR count). The first kappa shape index (κ1) is 19.6. The van der Waals surface area contributed by atoms with Crippen molar-refractivity contribution in [3.05, 3.63) is 0 Å².